The Hall–Kier alpha value is -2.54. The molecule has 28 heavy (non-hydrogen) atoms. The van der Waals surface area contributed by atoms with Crippen LogP contribution in [0.3, 0.4) is 0 Å². The standard InChI is InChI=1S/C21H25NO5S/c1-20(2,3)27-19(24)22-21(18(23)25-4)10-8-14-6-5-7-17(16(14)12-21)26-15-9-11-28-13-15/h5-7,9,11,13H,8,10,12H2,1-4H3,(H,22,24)/t21-/m1/s1. The van der Waals surface area contributed by atoms with Crippen molar-refractivity contribution in [2.75, 3.05) is 7.11 Å². The number of nitrogens with one attached hydrogen (secondary N) is 1. The number of amides is 1. The molecule has 1 aromatic carbocycles. The van der Waals surface area contributed by atoms with Crippen LogP contribution in [0, 0.1) is 0 Å². The van der Waals surface area contributed by atoms with Gasteiger partial charge in [-0.25, -0.2) is 9.59 Å². The first-order valence-electron chi connectivity index (χ1n) is 9.13. The third-order valence-electron chi connectivity index (χ3n) is 4.57. The third-order valence-corrected chi connectivity index (χ3v) is 5.23. The molecule has 2 aromatic rings. The SMILES string of the molecule is COC(=O)[C@@]1(NC(=O)OC(C)(C)C)CCc2cccc(Oc3ccsc3)c2C1. The van der Waals surface area contributed by atoms with Crippen LogP contribution in [0.25, 0.3) is 0 Å². The normalized spacial score (nSPS) is 18.7. The molecule has 0 unspecified atom stereocenters. The average molecular weight is 404 g/mol. The summed E-state index contributed by atoms with van der Waals surface area (Å²) in [5.41, 5.74) is 0.124. The van der Waals surface area contributed by atoms with Gasteiger partial charge < -0.3 is 19.5 Å². The number of carbonyl (C=O) groups is 2. The first-order chi connectivity index (χ1) is 13.2. The number of thiophene rings is 1. The Labute approximate surface area is 168 Å². The van der Waals surface area contributed by atoms with E-state index >= 15 is 0 Å². The van der Waals surface area contributed by atoms with Crippen molar-refractivity contribution in [1.82, 2.24) is 5.32 Å². The van der Waals surface area contributed by atoms with Gasteiger partial charge in [0.25, 0.3) is 0 Å². The Morgan fingerprint density at radius 2 is 2.00 bits per heavy atom. The number of methoxy groups -OCH3 is 1. The second-order valence-electron chi connectivity index (χ2n) is 7.83. The van der Waals surface area contributed by atoms with Gasteiger partial charge >= 0.3 is 12.1 Å². The summed E-state index contributed by atoms with van der Waals surface area (Å²) in [6.45, 7) is 5.33. The minimum absolute atomic E-state index is 0.272. The number of benzene rings is 1. The lowest BCUT2D eigenvalue weighted by Gasteiger charge is -2.37. The van der Waals surface area contributed by atoms with Gasteiger partial charge in [0.2, 0.25) is 0 Å². The maximum Gasteiger partial charge on any atom is 0.408 e. The molecule has 1 atom stereocenters. The number of carbonyl (C=O) groups excluding carboxylic acids is 2. The van der Waals surface area contributed by atoms with Gasteiger partial charge in [-0.05, 0) is 56.7 Å². The monoisotopic (exact) mass is 403 g/mol. The first kappa shape index (κ1) is 20.2. The van der Waals surface area contributed by atoms with Crippen molar-refractivity contribution in [2.24, 2.45) is 0 Å². The molecule has 1 aliphatic rings. The van der Waals surface area contributed by atoms with E-state index in [4.69, 9.17) is 14.2 Å². The van der Waals surface area contributed by atoms with Crippen LogP contribution in [0.5, 0.6) is 11.5 Å². The van der Waals surface area contributed by atoms with Gasteiger partial charge in [0, 0.05) is 17.4 Å². The van der Waals surface area contributed by atoms with Crippen LogP contribution < -0.4 is 10.1 Å². The Balaban J connectivity index is 1.91. The Kier molecular flexibility index (Phi) is 5.65. The highest BCUT2D eigenvalue weighted by Crippen LogP contribution is 2.37. The number of rotatable bonds is 4. The van der Waals surface area contributed by atoms with E-state index in [0.29, 0.717) is 18.6 Å². The molecule has 6 nitrogen and oxygen atoms in total. The summed E-state index contributed by atoms with van der Waals surface area (Å²) in [6, 6.07) is 7.72. The fraction of sp³-hybridized carbons (Fsp3) is 0.429. The molecule has 1 heterocycles. The number of hydrogen-bond acceptors (Lipinski definition) is 6. The number of ether oxygens (including phenoxy) is 3. The molecule has 1 N–H and O–H groups in total. The summed E-state index contributed by atoms with van der Waals surface area (Å²) in [4.78, 5) is 25.1. The molecule has 0 saturated heterocycles. The van der Waals surface area contributed by atoms with Gasteiger partial charge in [-0.3, -0.25) is 0 Å². The molecular weight excluding hydrogens is 378 g/mol. The van der Waals surface area contributed by atoms with Crippen molar-refractivity contribution in [3.63, 3.8) is 0 Å². The molecule has 3 rings (SSSR count). The number of esters is 1. The van der Waals surface area contributed by atoms with Crippen molar-refractivity contribution in [3.05, 3.63) is 46.2 Å². The molecule has 1 aromatic heterocycles. The van der Waals surface area contributed by atoms with E-state index in [-0.39, 0.29) is 6.42 Å². The molecule has 150 valence electrons. The number of aryl methyl sites for hydroxylation is 1. The fourth-order valence-electron chi connectivity index (χ4n) is 3.34. The van der Waals surface area contributed by atoms with Gasteiger partial charge in [-0.2, -0.15) is 0 Å². The smallest absolute Gasteiger partial charge is 0.408 e. The molecule has 0 spiro atoms. The average Bonchev–Trinajstić information content (AvgIpc) is 3.13. The summed E-state index contributed by atoms with van der Waals surface area (Å²) >= 11 is 1.55. The lowest BCUT2D eigenvalue weighted by molar-refractivity contribution is -0.149. The fourth-order valence-corrected chi connectivity index (χ4v) is 3.90. The largest absolute Gasteiger partial charge is 0.467 e. The molecule has 0 radical (unpaired) electrons. The number of hydrogen-bond donors (Lipinski definition) is 1. The van der Waals surface area contributed by atoms with E-state index in [1.165, 1.54) is 7.11 Å². The third kappa shape index (κ3) is 4.47. The van der Waals surface area contributed by atoms with Gasteiger partial charge in [-0.15, -0.1) is 11.3 Å². The highest BCUT2D eigenvalue weighted by molar-refractivity contribution is 7.08. The maximum atomic E-state index is 12.7. The van der Waals surface area contributed by atoms with E-state index in [9.17, 15) is 9.59 Å². The van der Waals surface area contributed by atoms with Crippen molar-refractivity contribution in [2.45, 2.75) is 51.2 Å². The van der Waals surface area contributed by atoms with E-state index in [1.54, 1.807) is 32.1 Å². The minimum Gasteiger partial charge on any atom is -0.467 e. The summed E-state index contributed by atoms with van der Waals surface area (Å²) in [5, 5.41) is 6.63. The van der Waals surface area contributed by atoms with Crippen molar-refractivity contribution in [3.8, 4) is 11.5 Å². The van der Waals surface area contributed by atoms with E-state index in [1.807, 2.05) is 35.0 Å². The van der Waals surface area contributed by atoms with Crippen LogP contribution in [0.4, 0.5) is 4.79 Å². The minimum atomic E-state index is -1.20. The van der Waals surface area contributed by atoms with Gasteiger partial charge in [0.1, 0.15) is 22.6 Å². The zero-order chi connectivity index (χ0) is 20.4. The van der Waals surface area contributed by atoms with Crippen LogP contribution in [0.2, 0.25) is 0 Å². The van der Waals surface area contributed by atoms with Crippen LogP contribution in [-0.4, -0.2) is 30.3 Å². The number of fused-ring (bicyclic) bond motifs is 1. The molecule has 0 aliphatic heterocycles. The van der Waals surface area contributed by atoms with Gasteiger partial charge in [-0.1, -0.05) is 12.1 Å². The second kappa shape index (κ2) is 7.83. The predicted molar refractivity (Wildman–Crippen MR) is 107 cm³/mol. The summed E-state index contributed by atoms with van der Waals surface area (Å²) in [6.07, 6.45) is 0.668. The van der Waals surface area contributed by atoms with Crippen molar-refractivity contribution < 1.29 is 23.8 Å². The van der Waals surface area contributed by atoms with E-state index < -0.39 is 23.2 Å². The highest BCUT2D eigenvalue weighted by Gasteiger charge is 2.45. The highest BCUT2D eigenvalue weighted by atomic mass is 32.1. The predicted octanol–water partition coefficient (Wildman–Crippen LogP) is 4.47. The molecule has 0 saturated carbocycles. The zero-order valence-electron chi connectivity index (χ0n) is 16.5. The van der Waals surface area contributed by atoms with Crippen LogP contribution in [-0.2, 0) is 27.1 Å². The van der Waals surface area contributed by atoms with E-state index in [0.717, 1.165) is 16.9 Å². The summed E-state index contributed by atoms with van der Waals surface area (Å²) in [5.74, 6) is 0.928. The van der Waals surface area contributed by atoms with Gasteiger partial charge in [0.15, 0.2) is 0 Å². The molecular formula is C21H25NO5S. The molecule has 1 aliphatic carbocycles. The number of alkyl carbamates (subject to hydrolysis) is 1. The zero-order valence-corrected chi connectivity index (χ0v) is 17.4. The molecule has 0 fully saturated rings. The second-order valence-corrected chi connectivity index (χ2v) is 8.61. The molecule has 0 bridgehead atoms. The van der Waals surface area contributed by atoms with Crippen molar-refractivity contribution in [1.29, 1.82) is 0 Å². The first-order valence-corrected chi connectivity index (χ1v) is 10.1. The Morgan fingerprint density at radius 3 is 2.64 bits per heavy atom. The lowest BCUT2D eigenvalue weighted by atomic mass is 9.77. The quantitative estimate of drug-likeness (QED) is 0.763. The van der Waals surface area contributed by atoms with Crippen LogP contribution in [0.1, 0.15) is 38.3 Å². The summed E-state index contributed by atoms with van der Waals surface area (Å²) < 4.78 is 16.4. The van der Waals surface area contributed by atoms with Crippen LogP contribution in [0.15, 0.2) is 35.0 Å². The lowest BCUT2D eigenvalue weighted by Crippen LogP contribution is -2.59. The Morgan fingerprint density at radius 1 is 1.21 bits per heavy atom. The maximum absolute atomic E-state index is 12.7. The van der Waals surface area contributed by atoms with Crippen molar-refractivity contribution >= 4 is 23.4 Å². The molecule has 7 heteroatoms. The van der Waals surface area contributed by atoms with Gasteiger partial charge in [0.05, 0.1) is 7.11 Å². The topological polar surface area (TPSA) is 73.9 Å². The van der Waals surface area contributed by atoms with Crippen LogP contribution >= 0.6 is 11.3 Å². The van der Waals surface area contributed by atoms with E-state index in [2.05, 4.69) is 5.32 Å². The summed E-state index contributed by atoms with van der Waals surface area (Å²) in [7, 11) is 1.32. The Bertz CT molecular complexity index is 856. The molecule has 1 amide bonds.